The van der Waals surface area contributed by atoms with Crippen LogP contribution >= 0.6 is 0 Å². The second-order valence-corrected chi connectivity index (χ2v) is 7.86. The van der Waals surface area contributed by atoms with E-state index in [-0.39, 0.29) is 29.5 Å². The van der Waals surface area contributed by atoms with Gasteiger partial charge in [-0.05, 0) is 39.0 Å². The lowest BCUT2D eigenvalue weighted by Gasteiger charge is -2.47. The van der Waals surface area contributed by atoms with Crippen molar-refractivity contribution in [3.63, 3.8) is 0 Å². The zero-order valence-electron chi connectivity index (χ0n) is 14.3. The molecule has 0 spiro atoms. The van der Waals surface area contributed by atoms with E-state index in [0.29, 0.717) is 6.10 Å². The number of ether oxygens (including phenoxy) is 2. The van der Waals surface area contributed by atoms with Crippen molar-refractivity contribution < 1.29 is 14.3 Å². The van der Waals surface area contributed by atoms with Gasteiger partial charge < -0.3 is 14.8 Å². The van der Waals surface area contributed by atoms with E-state index in [1.165, 1.54) is 25.7 Å². The molecule has 4 atom stereocenters. The predicted molar refractivity (Wildman–Crippen MR) is 87.2 cm³/mol. The summed E-state index contributed by atoms with van der Waals surface area (Å²) in [6.45, 7) is 5.85. The van der Waals surface area contributed by atoms with Crippen LogP contribution in [0, 0.1) is 5.92 Å². The first-order valence-electron chi connectivity index (χ1n) is 9.48. The molecule has 5 nitrogen and oxygen atoms in total. The molecule has 4 fully saturated rings. The molecular formula is C18H30N2O3. The van der Waals surface area contributed by atoms with E-state index in [4.69, 9.17) is 9.47 Å². The van der Waals surface area contributed by atoms with Crippen molar-refractivity contribution >= 4 is 5.91 Å². The van der Waals surface area contributed by atoms with Crippen molar-refractivity contribution in [2.24, 2.45) is 5.92 Å². The van der Waals surface area contributed by atoms with Crippen molar-refractivity contribution in [1.29, 1.82) is 0 Å². The van der Waals surface area contributed by atoms with Crippen LogP contribution in [0.1, 0.15) is 51.9 Å². The summed E-state index contributed by atoms with van der Waals surface area (Å²) in [4.78, 5) is 15.4. The summed E-state index contributed by atoms with van der Waals surface area (Å²) < 4.78 is 11.4. The van der Waals surface area contributed by atoms with E-state index >= 15 is 0 Å². The summed E-state index contributed by atoms with van der Waals surface area (Å²) in [7, 11) is 0. The number of nitrogens with one attached hydrogen (secondary N) is 1. The average Bonchev–Trinajstić information content (AvgIpc) is 3.32. The number of carbonyl (C=O) groups excluding carboxylic acids is 1. The largest absolute Gasteiger partial charge is 0.379 e. The van der Waals surface area contributed by atoms with Crippen molar-refractivity contribution in [1.82, 2.24) is 10.2 Å². The van der Waals surface area contributed by atoms with Crippen LogP contribution in [0.25, 0.3) is 0 Å². The minimum Gasteiger partial charge on any atom is -0.379 e. The smallest absolute Gasteiger partial charge is 0.226 e. The van der Waals surface area contributed by atoms with Crippen LogP contribution < -0.4 is 5.32 Å². The second-order valence-electron chi connectivity index (χ2n) is 7.86. The fourth-order valence-electron chi connectivity index (χ4n) is 5.39. The quantitative estimate of drug-likeness (QED) is 0.856. The molecule has 1 amide bonds. The number of hydrogen-bond acceptors (Lipinski definition) is 4. The maximum absolute atomic E-state index is 12.8. The lowest BCUT2D eigenvalue weighted by Crippen LogP contribution is -2.62. The van der Waals surface area contributed by atoms with Gasteiger partial charge in [-0.1, -0.05) is 12.8 Å². The molecule has 4 rings (SSSR count). The van der Waals surface area contributed by atoms with E-state index in [2.05, 4.69) is 17.1 Å². The highest BCUT2D eigenvalue weighted by atomic mass is 16.5. The number of morpholine rings is 1. The SMILES string of the molecule is C[C@H](NC(=O)[C@@H]1C[C@H]2CC[C@H]1O2)C1(N2CCOCC2)CCCC1. The molecule has 1 N–H and O–H groups in total. The third kappa shape index (κ3) is 2.81. The minimum atomic E-state index is 0.0827. The molecule has 3 aliphatic heterocycles. The first kappa shape index (κ1) is 15.9. The number of fused-ring (bicyclic) bond motifs is 2. The zero-order valence-corrected chi connectivity index (χ0v) is 14.3. The van der Waals surface area contributed by atoms with Crippen molar-refractivity contribution in [2.45, 2.75) is 75.7 Å². The first-order valence-corrected chi connectivity index (χ1v) is 9.48. The van der Waals surface area contributed by atoms with Crippen LogP contribution in [0.2, 0.25) is 0 Å². The van der Waals surface area contributed by atoms with Gasteiger partial charge in [0.2, 0.25) is 5.91 Å². The molecule has 5 heteroatoms. The second kappa shape index (κ2) is 6.34. The molecule has 3 saturated heterocycles. The topological polar surface area (TPSA) is 50.8 Å². The summed E-state index contributed by atoms with van der Waals surface area (Å²) in [6, 6.07) is 0.203. The molecule has 0 unspecified atom stereocenters. The third-order valence-corrected chi connectivity index (χ3v) is 6.72. The Morgan fingerprint density at radius 2 is 1.96 bits per heavy atom. The van der Waals surface area contributed by atoms with Gasteiger partial charge in [0.1, 0.15) is 0 Å². The van der Waals surface area contributed by atoms with Crippen LogP contribution in [0.15, 0.2) is 0 Å². The molecule has 1 saturated carbocycles. The highest BCUT2D eigenvalue weighted by Crippen LogP contribution is 2.41. The van der Waals surface area contributed by atoms with Crippen LogP contribution in [0.5, 0.6) is 0 Å². The van der Waals surface area contributed by atoms with Crippen molar-refractivity contribution in [2.75, 3.05) is 26.3 Å². The summed E-state index contributed by atoms with van der Waals surface area (Å²) in [6.07, 6.45) is 8.58. The highest BCUT2D eigenvalue weighted by Gasteiger charge is 2.48. The van der Waals surface area contributed by atoms with E-state index < -0.39 is 0 Å². The van der Waals surface area contributed by atoms with Crippen molar-refractivity contribution in [3.8, 4) is 0 Å². The summed E-state index contributed by atoms with van der Waals surface area (Å²) in [5.41, 5.74) is 0.137. The van der Waals surface area contributed by atoms with Crippen LogP contribution in [-0.4, -0.2) is 60.9 Å². The lowest BCUT2D eigenvalue weighted by molar-refractivity contribution is -0.129. The third-order valence-electron chi connectivity index (χ3n) is 6.72. The monoisotopic (exact) mass is 322 g/mol. The van der Waals surface area contributed by atoms with Gasteiger partial charge in [0.05, 0.1) is 31.3 Å². The highest BCUT2D eigenvalue weighted by molar-refractivity contribution is 5.80. The molecule has 3 heterocycles. The Hall–Kier alpha value is -0.650. The number of carbonyl (C=O) groups is 1. The van der Waals surface area contributed by atoms with Gasteiger partial charge in [-0.3, -0.25) is 9.69 Å². The number of nitrogens with zero attached hydrogens (tertiary/aromatic N) is 1. The number of amides is 1. The first-order chi connectivity index (χ1) is 11.2. The fourth-order valence-corrected chi connectivity index (χ4v) is 5.39. The van der Waals surface area contributed by atoms with Gasteiger partial charge in [0.15, 0.2) is 0 Å². The normalized spacial score (nSPS) is 37.9. The zero-order chi connectivity index (χ0) is 15.9. The van der Waals surface area contributed by atoms with Gasteiger partial charge in [0, 0.05) is 24.7 Å². The van der Waals surface area contributed by atoms with E-state index in [9.17, 15) is 4.79 Å². The summed E-state index contributed by atoms with van der Waals surface area (Å²) in [5, 5.41) is 3.39. The van der Waals surface area contributed by atoms with Gasteiger partial charge in [-0.25, -0.2) is 0 Å². The maximum Gasteiger partial charge on any atom is 0.226 e. The van der Waals surface area contributed by atoms with Crippen LogP contribution in [0.3, 0.4) is 0 Å². The van der Waals surface area contributed by atoms with Gasteiger partial charge in [-0.15, -0.1) is 0 Å². The Morgan fingerprint density at radius 1 is 1.22 bits per heavy atom. The lowest BCUT2D eigenvalue weighted by atomic mass is 9.84. The van der Waals surface area contributed by atoms with E-state index in [1.54, 1.807) is 0 Å². The predicted octanol–water partition coefficient (Wildman–Crippen LogP) is 1.70. The molecule has 0 aromatic heterocycles. The summed E-state index contributed by atoms with van der Waals surface area (Å²) >= 11 is 0. The molecule has 1 aliphatic carbocycles. The number of hydrogen-bond donors (Lipinski definition) is 1. The molecule has 2 bridgehead atoms. The van der Waals surface area contributed by atoms with Gasteiger partial charge in [-0.2, -0.15) is 0 Å². The molecule has 0 aromatic rings. The molecule has 130 valence electrons. The average molecular weight is 322 g/mol. The summed E-state index contributed by atoms with van der Waals surface area (Å²) in [5.74, 6) is 0.309. The van der Waals surface area contributed by atoms with Crippen molar-refractivity contribution in [3.05, 3.63) is 0 Å². The fraction of sp³-hybridized carbons (Fsp3) is 0.944. The molecule has 0 aromatic carbocycles. The Kier molecular flexibility index (Phi) is 4.37. The van der Waals surface area contributed by atoms with E-state index in [0.717, 1.165) is 45.6 Å². The Labute approximate surface area is 139 Å². The molecular weight excluding hydrogens is 292 g/mol. The van der Waals surface area contributed by atoms with Gasteiger partial charge in [0.25, 0.3) is 0 Å². The van der Waals surface area contributed by atoms with Gasteiger partial charge >= 0.3 is 0 Å². The molecule has 0 radical (unpaired) electrons. The molecule has 23 heavy (non-hydrogen) atoms. The maximum atomic E-state index is 12.8. The Balaban J connectivity index is 1.43. The van der Waals surface area contributed by atoms with Crippen LogP contribution in [-0.2, 0) is 14.3 Å². The molecule has 4 aliphatic rings. The Morgan fingerprint density at radius 3 is 2.57 bits per heavy atom. The number of rotatable bonds is 4. The van der Waals surface area contributed by atoms with E-state index in [1.807, 2.05) is 0 Å². The Bertz CT molecular complexity index is 444. The van der Waals surface area contributed by atoms with Crippen LogP contribution in [0.4, 0.5) is 0 Å². The minimum absolute atomic E-state index is 0.0827. The standard InChI is InChI=1S/C18H30N2O3/c1-13(19-17(21)15-12-14-4-5-16(15)23-14)18(6-2-3-7-18)20-8-10-22-11-9-20/h13-16H,2-12H2,1H3,(H,19,21)/t13-,14+,15+,16+/m0/s1.